The maximum atomic E-state index is 11.8. The van der Waals surface area contributed by atoms with Crippen molar-refractivity contribution < 1.29 is 13.9 Å². The largest absolute Gasteiger partial charge is 0.507 e. The van der Waals surface area contributed by atoms with Crippen LogP contribution in [0.3, 0.4) is 0 Å². The van der Waals surface area contributed by atoms with Gasteiger partial charge in [-0.1, -0.05) is 6.42 Å². The van der Waals surface area contributed by atoms with Crippen molar-refractivity contribution in [2.75, 3.05) is 19.6 Å². The molecule has 154 valence electrons. The first-order valence-corrected chi connectivity index (χ1v) is 9.93. The topological polar surface area (TPSA) is 114 Å². The van der Waals surface area contributed by atoms with Crippen molar-refractivity contribution >= 4 is 33.1 Å². The molecule has 0 aliphatic carbocycles. The molecule has 2 aromatic rings. The summed E-state index contributed by atoms with van der Waals surface area (Å²) in [7, 11) is 0. The van der Waals surface area contributed by atoms with E-state index in [0.29, 0.717) is 17.0 Å². The first kappa shape index (κ1) is 21.9. The summed E-state index contributed by atoms with van der Waals surface area (Å²) in [5.74, 6) is 0.0861. The van der Waals surface area contributed by atoms with Crippen LogP contribution in [-0.2, 0) is 0 Å². The molecular weight excluding hydrogens is 384 g/mol. The minimum absolute atomic E-state index is 0.0278. The molecule has 28 heavy (non-hydrogen) atoms. The second-order valence-electron chi connectivity index (χ2n) is 6.58. The number of rotatable bonds is 4. The Morgan fingerprint density at radius 1 is 1.18 bits per heavy atom. The van der Waals surface area contributed by atoms with Crippen LogP contribution in [0.5, 0.6) is 5.75 Å². The molecule has 1 aromatic heterocycles. The molecular formula is C19H27F2N5OS. The van der Waals surface area contributed by atoms with Gasteiger partial charge in [-0.2, -0.15) is 0 Å². The average molecular weight is 412 g/mol. The summed E-state index contributed by atoms with van der Waals surface area (Å²) in [6.07, 6.45) is 1.23. The molecule has 1 aliphatic rings. The summed E-state index contributed by atoms with van der Waals surface area (Å²) in [5.41, 5.74) is 17.9. The number of fused-ring (bicyclic) bond motifs is 1. The first-order chi connectivity index (χ1) is 13.3. The van der Waals surface area contributed by atoms with Gasteiger partial charge in [0.25, 0.3) is 6.43 Å². The summed E-state index contributed by atoms with van der Waals surface area (Å²) < 4.78 is 24.6. The number of thiophene rings is 1. The number of nitrogens with two attached hydrogens (primary N) is 3. The molecule has 9 heteroatoms. The van der Waals surface area contributed by atoms with Crippen LogP contribution in [-0.4, -0.2) is 42.0 Å². The van der Waals surface area contributed by atoms with E-state index in [0.717, 1.165) is 36.0 Å². The van der Waals surface area contributed by atoms with E-state index >= 15 is 0 Å². The van der Waals surface area contributed by atoms with E-state index in [2.05, 4.69) is 4.99 Å². The van der Waals surface area contributed by atoms with E-state index in [-0.39, 0.29) is 18.3 Å². The van der Waals surface area contributed by atoms with E-state index in [1.54, 1.807) is 24.3 Å². The number of allylic oxidation sites excluding steroid dienone is 1. The van der Waals surface area contributed by atoms with Gasteiger partial charge in [-0.05, 0) is 56.4 Å². The summed E-state index contributed by atoms with van der Waals surface area (Å²) >= 11 is 1.56. The van der Waals surface area contributed by atoms with Gasteiger partial charge in [0.2, 0.25) is 0 Å². The number of aromatic hydroxyl groups is 1. The van der Waals surface area contributed by atoms with Gasteiger partial charge < -0.3 is 22.3 Å². The van der Waals surface area contributed by atoms with Crippen LogP contribution in [0.1, 0.15) is 31.7 Å². The second-order valence-corrected chi connectivity index (χ2v) is 7.53. The minimum Gasteiger partial charge on any atom is -0.507 e. The summed E-state index contributed by atoms with van der Waals surface area (Å²) in [4.78, 5) is 5.72. The number of nitrogens with zero attached hydrogens (tertiary/aromatic N) is 2. The second kappa shape index (κ2) is 10.2. The summed E-state index contributed by atoms with van der Waals surface area (Å²) in [6.45, 7) is 3.39. The molecule has 0 spiro atoms. The number of aliphatic imine (C=N–C) groups is 1. The lowest BCUT2D eigenvalue weighted by Gasteiger charge is -2.25. The Morgan fingerprint density at radius 2 is 1.86 bits per heavy atom. The van der Waals surface area contributed by atoms with Gasteiger partial charge >= 0.3 is 0 Å². The van der Waals surface area contributed by atoms with Gasteiger partial charge in [0, 0.05) is 15.6 Å². The lowest BCUT2D eigenvalue weighted by atomic mass is 10.1. The summed E-state index contributed by atoms with van der Waals surface area (Å²) in [5, 5.41) is 12.9. The Balaban J connectivity index is 0.000000237. The number of halogens is 2. The number of phenols is 1. The van der Waals surface area contributed by atoms with Crippen LogP contribution in [0.15, 0.2) is 34.3 Å². The highest BCUT2D eigenvalue weighted by Gasteiger charge is 2.14. The van der Waals surface area contributed by atoms with Gasteiger partial charge in [-0.3, -0.25) is 4.90 Å². The van der Waals surface area contributed by atoms with E-state index in [4.69, 9.17) is 17.2 Å². The molecule has 7 N–H and O–H groups in total. The maximum Gasteiger partial charge on any atom is 0.251 e. The molecule has 0 bridgehead atoms. The molecule has 1 saturated heterocycles. The fraction of sp³-hybridized carbons (Fsp3) is 0.421. The van der Waals surface area contributed by atoms with E-state index < -0.39 is 6.43 Å². The molecule has 0 unspecified atom stereocenters. The lowest BCUT2D eigenvalue weighted by molar-refractivity contribution is 0.0788. The number of hydrogen-bond acceptors (Lipinski definition) is 5. The van der Waals surface area contributed by atoms with Crippen LogP contribution >= 0.6 is 11.3 Å². The Kier molecular flexibility index (Phi) is 8.01. The number of alkyl halides is 2. The van der Waals surface area contributed by atoms with Crippen molar-refractivity contribution in [3.05, 3.63) is 34.8 Å². The molecule has 6 nitrogen and oxygen atoms in total. The van der Waals surface area contributed by atoms with Crippen molar-refractivity contribution in [3.8, 4) is 5.75 Å². The molecule has 1 aromatic carbocycles. The Labute approximate surface area is 167 Å². The van der Waals surface area contributed by atoms with Crippen LogP contribution in [0.2, 0.25) is 0 Å². The molecule has 1 aliphatic heterocycles. The molecule has 1 fully saturated rings. The standard InChI is InChI=1S/C12H14N4OS.C7H13F2N/c1-6(16-12(14)15)10(13)8-2-3-9-7(11(8)17)4-5-18-9;8-7(9)6-10-4-2-1-3-5-10/h2-5,17H,13H2,1H3,(H4,14,15,16);7H,1-6H2/b10-6-;. The molecule has 2 heterocycles. The molecule has 0 radical (unpaired) electrons. The van der Waals surface area contributed by atoms with Gasteiger partial charge in [-0.25, -0.2) is 13.8 Å². The monoisotopic (exact) mass is 411 g/mol. The first-order valence-electron chi connectivity index (χ1n) is 9.05. The van der Waals surface area contributed by atoms with E-state index in [9.17, 15) is 13.9 Å². The molecule has 0 amide bonds. The van der Waals surface area contributed by atoms with E-state index in [1.165, 1.54) is 6.42 Å². The van der Waals surface area contributed by atoms with Gasteiger partial charge in [0.15, 0.2) is 5.96 Å². The third-order valence-electron chi connectivity index (χ3n) is 4.43. The van der Waals surface area contributed by atoms with Gasteiger partial charge in [0.05, 0.1) is 17.9 Å². The predicted octanol–water partition coefficient (Wildman–Crippen LogP) is 3.26. The number of hydrogen-bond donors (Lipinski definition) is 4. The van der Waals surface area contributed by atoms with Crippen molar-refractivity contribution in [1.29, 1.82) is 0 Å². The SMILES string of the molecule is C/C(N=C(N)N)=C(/N)c1ccc2sccc2c1O.FC(F)CN1CCCCC1. The number of guanidine groups is 1. The van der Waals surface area contributed by atoms with Crippen LogP contribution in [0, 0.1) is 0 Å². The van der Waals surface area contributed by atoms with Crippen LogP contribution < -0.4 is 17.2 Å². The van der Waals surface area contributed by atoms with Crippen LogP contribution in [0.25, 0.3) is 15.8 Å². The third kappa shape index (κ3) is 6.07. The average Bonchev–Trinajstić information content (AvgIpc) is 3.11. The summed E-state index contributed by atoms with van der Waals surface area (Å²) in [6, 6.07) is 5.52. The Hall–Kier alpha value is -2.39. The van der Waals surface area contributed by atoms with Crippen LogP contribution in [0.4, 0.5) is 8.78 Å². The van der Waals surface area contributed by atoms with Crippen molar-refractivity contribution in [1.82, 2.24) is 4.90 Å². The normalized spacial score (nSPS) is 15.7. The predicted molar refractivity (Wildman–Crippen MR) is 112 cm³/mol. The zero-order chi connectivity index (χ0) is 20.7. The number of likely N-dealkylation sites (tertiary alicyclic amines) is 1. The van der Waals surface area contributed by atoms with Gasteiger partial charge in [0.1, 0.15) is 5.75 Å². The number of phenolic OH excluding ortho intramolecular Hbond substituents is 1. The maximum absolute atomic E-state index is 11.8. The molecule has 0 atom stereocenters. The lowest BCUT2D eigenvalue weighted by Crippen LogP contribution is -2.33. The Bertz CT molecular complexity index is 840. The zero-order valence-electron chi connectivity index (χ0n) is 15.9. The fourth-order valence-electron chi connectivity index (χ4n) is 3.03. The molecule has 3 rings (SSSR count). The third-order valence-corrected chi connectivity index (χ3v) is 5.31. The number of piperidine rings is 1. The Morgan fingerprint density at radius 3 is 2.46 bits per heavy atom. The van der Waals surface area contributed by atoms with E-state index in [1.807, 2.05) is 22.4 Å². The van der Waals surface area contributed by atoms with Gasteiger partial charge in [-0.15, -0.1) is 11.3 Å². The number of benzene rings is 1. The highest BCUT2D eigenvalue weighted by Crippen LogP contribution is 2.35. The minimum atomic E-state index is -2.15. The quantitative estimate of drug-likeness (QED) is 0.455. The zero-order valence-corrected chi connectivity index (χ0v) is 16.7. The highest BCUT2D eigenvalue weighted by atomic mass is 32.1. The van der Waals surface area contributed by atoms with Crippen molar-refractivity contribution in [2.24, 2.45) is 22.2 Å². The highest BCUT2D eigenvalue weighted by molar-refractivity contribution is 7.17. The van der Waals surface area contributed by atoms with Crippen molar-refractivity contribution in [3.63, 3.8) is 0 Å². The smallest absolute Gasteiger partial charge is 0.251 e. The van der Waals surface area contributed by atoms with Crippen molar-refractivity contribution in [2.45, 2.75) is 32.6 Å². The molecule has 0 saturated carbocycles. The fourth-order valence-corrected chi connectivity index (χ4v) is 3.82.